The second kappa shape index (κ2) is 7.92. The molecule has 1 aliphatic heterocycles. The molecule has 2 heterocycles. The van der Waals surface area contributed by atoms with Crippen LogP contribution in [0.5, 0.6) is 0 Å². The normalized spacial score (nSPS) is 12.7. The minimum atomic E-state index is -0.647. The molecule has 8 heteroatoms. The lowest BCUT2D eigenvalue weighted by Gasteiger charge is -2.17. The van der Waals surface area contributed by atoms with Gasteiger partial charge in [-0.15, -0.1) is 17.9 Å². The molecule has 0 fully saturated rings. The lowest BCUT2D eigenvalue weighted by atomic mass is 9.99. The van der Waals surface area contributed by atoms with Crippen molar-refractivity contribution in [1.29, 1.82) is 0 Å². The highest BCUT2D eigenvalue weighted by molar-refractivity contribution is 7.13. The van der Waals surface area contributed by atoms with Gasteiger partial charge in [0.2, 0.25) is 5.91 Å². The Morgan fingerprint density at radius 2 is 2.23 bits per heavy atom. The van der Waals surface area contributed by atoms with Crippen molar-refractivity contribution in [3.05, 3.63) is 53.1 Å². The minimum Gasteiger partial charge on any atom is -0.453 e. The fourth-order valence-electron chi connectivity index (χ4n) is 2.45. The average Bonchev–Trinajstić information content (AvgIpc) is 3.12. The molecule has 2 aromatic rings. The van der Waals surface area contributed by atoms with Crippen LogP contribution in [-0.2, 0) is 16.0 Å². The number of Topliss-reactive ketones (excluding diaryl/α,β-unsaturated/α-hetero) is 1. The highest BCUT2D eigenvalue weighted by atomic mass is 32.1. The predicted molar refractivity (Wildman–Crippen MR) is 98.8 cm³/mol. The van der Waals surface area contributed by atoms with Gasteiger partial charge in [-0.05, 0) is 30.2 Å². The quantitative estimate of drug-likeness (QED) is 0.441. The summed E-state index contributed by atoms with van der Waals surface area (Å²) in [7, 11) is 0. The van der Waals surface area contributed by atoms with Crippen LogP contribution in [-0.4, -0.2) is 35.8 Å². The van der Waals surface area contributed by atoms with E-state index in [1.807, 2.05) is 0 Å². The number of rotatable bonds is 7. The number of benzene rings is 1. The molecule has 26 heavy (non-hydrogen) atoms. The Bertz CT molecular complexity index is 875. The molecule has 134 valence electrons. The van der Waals surface area contributed by atoms with Crippen molar-refractivity contribution in [2.45, 2.75) is 12.8 Å². The number of fused-ring (bicyclic) bond motifs is 1. The van der Waals surface area contributed by atoms with E-state index >= 15 is 0 Å². The predicted octanol–water partition coefficient (Wildman–Crippen LogP) is 2.67. The fourth-order valence-corrected chi connectivity index (χ4v) is 3.14. The van der Waals surface area contributed by atoms with Gasteiger partial charge in [-0.2, -0.15) is 0 Å². The number of thiazole rings is 1. The molecule has 0 saturated carbocycles. The van der Waals surface area contributed by atoms with Gasteiger partial charge in [0, 0.05) is 29.6 Å². The van der Waals surface area contributed by atoms with E-state index in [0.29, 0.717) is 30.1 Å². The molecule has 0 unspecified atom stereocenters. The number of anilines is 2. The van der Waals surface area contributed by atoms with Crippen molar-refractivity contribution in [3.63, 3.8) is 0 Å². The summed E-state index contributed by atoms with van der Waals surface area (Å²) in [5.74, 6) is -0.986. The molecule has 0 spiro atoms. The van der Waals surface area contributed by atoms with E-state index in [9.17, 15) is 14.4 Å². The van der Waals surface area contributed by atoms with Crippen molar-refractivity contribution < 1.29 is 19.1 Å². The van der Waals surface area contributed by atoms with Crippen molar-refractivity contribution >= 4 is 39.8 Å². The van der Waals surface area contributed by atoms with Crippen molar-refractivity contribution in [2.24, 2.45) is 0 Å². The van der Waals surface area contributed by atoms with Gasteiger partial charge in [-0.1, -0.05) is 6.08 Å². The molecule has 0 radical (unpaired) electrons. The second-order valence-electron chi connectivity index (χ2n) is 5.63. The number of esters is 1. The third-order valence-corrected chi connectivity index (χ3v) is 4.57. The first-order valence-corrected chi connectivity index (χ1v) is 8.88. The highest BCUT2D eigenvalue weighted by Gasteiger charge is 2.18. The number of carbonyl (C=O) groups is 3. The number of aryl methyl sites for hydroxylation is 1. The van der Waals surface area contributed by atoms with Crippen LogP contribution in [0.3, 0.4) is 0 Å². The van der Waals surface area contributed by atoms with Crippen molar-refractivity contribution in [2.75, 3.05) is 23.8 Å². The number of aromatic nitrogens is 1. The maximum atomic E-state index is 12.3. The molecule has 2 N–H and O–H groups in total. The van der Waals surface area contributed by atoms with Gasteiger partial charge in [0.05, 0.1) is 0 Å². The molecule has 3 rings (SSSR count). The average molecular weight is 371 g/mol. The number of amides is 1. The first-order valence-electron chi connectivity index (χ1n) is 8.00. The van der Waals surface area contributed by atoms with Crippen molar-refractivity contribution in [3.8, 4) is 0 Å². The second-order valence-corrected chi connectivity index (χ2v) is 6.48. The molecule has 7 nitrogen and oxygen atoms in total. The lowest BCUT2D eigenvalue weighted by molar-refractivity contribution is -0.116. The monoisotopic (exact) mass is 371 g/mol. The topological polar surface area (TPSA) is 97.4 Å². The zero-order chi connectivity index (χ0) is 18.5. The summed E-state index contributed by atoms with van der Waals surface area (Å²) in [6.07, 6.45) is 2.66. The number of nitrogens with one attached hydrogen (secondary N) is 2. The number of carbonyl (C=O) groups excluding carboxylic acids is 3. The Balaban J connectivity index is 1.58. The maximum absolute atomic E-state index is 12.3. The van der Waals surface area contributed by atoms with Gasteiger partial charge in [0.25, 0.3) is 0 Å². The third-order valence-electron chi connectivity index (χ3n) is 3.77. The molecule has 0 aliphatic carbocycles. The van der Waals surface area contributed by atoms with Gasteiger partial charge in [0.1, 0.15) is 0 Å². The van der Waals surface area contributed by atoms with Crippen LogP contribution in [0.1, 0.15) is 32.8 Å². The van der Waals surface area contributed by atoms with E-state index in [4.69, 9.17) is 4.74 Å². The molecule has 1 aliphatic rings. The summed E-state index contributed by atoms with van der Waals surface area (Å²) in [4.78, 5) is 39.7. The standard InChI is InChI=1S/C18H17N3O4S/c1-2-7-19-18-21-14(10-26-18)17(24)25-9-15(22)12-3-5-13-11(8-12)4-6-16(23)20-13/h2-3,5,8,10H,1,4,6-7,9H2,(H,19,21)(H,20,23). The Kier molecular flexibility index (Phi) is 5.43. The Labute approximate surface area is 154 Å². The van der Waals surface area contributed by atoms with Gasteiger partial charge in [-0.25, -0.2) is 9.78 Å². The number of ether oxygens (including phenoxy) is 1. The minimum absolute atomic E-state index is 0.0317. The Morgan fingerprint density at radius 3 is 3.04 bits per heavy atom. The molecule has 1 aromatic carbocycles. The molecule has 0 atom stereocenters. The summed E-state index contributed by atoms with van der Waals surface area (Å²) < 4.78 is 5.06. The number of hydrogen-bond acceptors (Lipinski definition) is 7. The van der Waals surface area contributed by atoms with Crippen LogP contribution in [0.4, 0.5) is 10.8 Å². The molecule has 1 amide bonds. The zero-order valence-electron chi connectivity index (χ0n) is 13.9. The Morgan fingerprint density at radius 1 is 1.38 bits per heavy atom. The molecular formula is C18H17N3O4S. The van der Waals surface area contributed by atoms with Crippen LogP contribution in [0.25, 0.3) is 0 Å². The van der Waals surface area contributed by atoms with Crippen LogP contribution >= 0.6 is 11.3 Å². The van der Waals surface area contributed by atoms with Gasteiger partial charge < -0.3 is 15.4 Å². The van der Waals surface area contributed by atoms with Gasteiger partial charge in [-0.3, -0.25) is 9.59 Å². The van der Waals surface area contributed by atoms with Crippen LogP contribution in [0.15, 0.2) is 36.2 Å². The van der Waals surface area contributed by atoms with E-state index in [-0.39, 0.29) is 24.0 Å². The van der Waals surface area contributed by atoms with Crippen molar-refractivity contribution in [1.82, 2.24) is 4.98 Å². The maximum Gasteiger partial charge on any atom is 0.358 e. The van der Waals surface area contributed by atoms with E-state index in [2.05, 4.69) is 22.2 Å². The summed E-state index contributed by atoms with van der Waals surface area (Å²) >= 11 is 1.27. The van der Waals surface area contributed by atoms with Gasteiger partial charge >= 0.3 is 5.97 Å². The summed E-state index contributed by atoms with van der Waals surface area (Å²) in [5, 5.41) is 7.89. The van der Waals surface area contributed by atoms with E-state index in [1.54, 1.807) is 29.7 Å². The van der Waals surface area contributed by atoms with E-state index < -0.39 is 5.97 Å². The molecular weight excluding hydrogens is 354 g/mol. The molecule has 0 saturated heterocycles. The van der Waals surface area contributed by atoms with Crippen LogP contribution in [0, 0.1) is 0 Å². The number of ketones is 1. The van der Waals surface area contributed by atoms with Gasteiger partial charge in [0.15, 0.2) is 23.2 Å². The Hall–Kier alpha value is -3.00. The smallest absolute Gasteiger partial charge is 0.358 e. The first kappa shape index (κ1) is 17.8. The summed E-state index contributed by atoms with van der Waals surface area (Å²) in [6.45, 7) is 3.77. The third kappa shape index (κ3) is 4.15. The molecule has 0 bridgehead atoms. The van der Waals surface area contributed by atoms with Crippen LogP contribution in [0.2, 0.25) is 0 Å². The highest BCUT2D eigenvalue weighted by Crippen LogP contribution is 2.24. The number of hydrogen-bond donors (Lipinski definition) is 2. The summed E-state index contributed by atoms with van der Waals surface area (Å²) in [6, 6.07) is 5.03. The summed E-state index contributed by atoms with van der Waals surface area (Å²) in [5.41, 5.74) is 2.22. The number of nitrogens with zero attached hydrogens (tertiary/aromatic N) is 1. The fraction of sp³-hybridized carbons (Fsp3) is 0.222. The van der Waals surface area contributed by atoms with Crippen LogP contribution < -0.4 is 10.6 Å². The molecule has 1 aromatic heterocycles. The zero-order valence-corrected chi connectivity index (χ0v) is 14.7. The lowest BCUT2D eigenvalue weighted by Crippen LogP contribution is -2.20. The van der Waals surface area contributed by atoms with E-state index in [0.717, 1.165) is 11.3 Å². The SMILES string of the molecule is C=CCNc1nc(C(=O)OCC(=O)c2ccc3c(c2)CCC(=O)N3)cs1. The van der Waals surface area contributed by atoms with E-state index in [1.165, 1.54) is 11.3 Å². The largest absolute Gasteiger partial charge is 0.453 e. The first-order chi connectivity index (χ1) is 12.6.